The average molecular weight is 278 g/mol. The standard InChI is InChI=1S/C14H22N4O2/c1-14(2,11-15)5-6-18-13(19)9-12(10-16-18)17(3)7-8-20-4/h9-10H,5-8H2,1-4H3. The van der Waals surface area contributed by atoms with Gasteiger partial charge in [-0.15, -0.1) is 0 Å². The fraction of sp³-hybridized carbons (Fsp3) is 0.643. The van der Waals surface area contributed by atoms with Gasteiger partial charge in [-0.1, -0.05) is 0 Å². The molecule has 1 aromatic heterocycles. The zero-order chi connectivity index (χ0) is 15.2. The van der Waals surface area contributed by atoms with Crippen molar-refractivity contribution in [2.24, 2.45) is 5.41 Å². The van der Waals surface area contributed by atoms with Crippen LogP contribution < -0.4 is 10.5 Å². The topological polar surface area (TPSA) is 71.2 Å². The van der Waals surface area contributed by atoms with Gasteiger partial charge in [-0.2, -0.15) is 10.4 Å². The Bertz CT molecular complexity index is 531. The van der Waals surface area contributed by atoms with E-state index >= 15 is 0 Å². The first-order valence-corrected chi connectivity index (χ1v) is 6.58. The fourth-order valence-electron chi connectivity index (χ4n) is 1.60. The number of ether oxygens (including phenoxy) is 1. The first kappa shape index (κ1) is 16.2. The van der Waals surface area contributed by atoms with Gasteiger partial charge in [-0.05, 0) is 20.3 Å². The molecule has 0 spiro atoms. The van der Waals surface area contributed by atoms with E-state index in [1.165, 1.54) is 4.68 Å². The number of nitrogens with zero attached hydrogens (tertiary/aromatic N) is 4. The molecule has 0 bridgehead atoms. The van der Waals surface area contributed by atoms with Crippen molar-refractivity contribution in [1.82, 2.24) is 9.78 Å². The Labute approximate surface area is 119 Å². The molecular formula is C14H22N4O2. The molecule has 0 fully saturated rings. The molecule has 6 nitrogen and oxygen atoms in total. The first-order valence-electron chi connectivity index (χ1n) is 6.58. The maximum atomic E-state index is 12.0. The van der Waals surface area contributed by atoms with Crippen molar-refractivity contribution in [2.75, 3.05) is 32.2 Å². The zero-order valence-electron chi connectivity index (χ0n) is 12.6. The number of nitriles is 1. The van der Waals surface area contributed by atoms with Crippen LogP contribution in [-0.2, 0) is 11.3 Å². The molecule has 0 aromatic carbocycles. The Morgan fingerprint density at radius 1 is 1.55 bits per heavy atom. The summed E-state index contributed by atoms with van der Waals surface area (Å²) in [6.45, 7) is 5.44. The summed E-state index contributed by atoms with van der Waals surface area (Å²) < 4.78 is 6.40. The van der Waals surface area contributed by atoms with Crippen molar-refractivity contribution < 1.29 is 4.74 Å². The number of anilines is 1. The highest BCUT2D eigenvalue weighted by molar-refractivity contribution is 5.41. The van der Waals surface area contributed by atoms with E-state index in [1.807, 2.05) is 25.8 Å². The fourth-order valence-corrected chi connectivity index (χ4v) is 1.60. The van der Waals surface area contributed by atoms with Crippen LogP contribution >= 0.6 is 0 Å². The third-order valence-corrected chi connectivity index (χ3v) is 3.18. The summed E-state index contributed by atoms with van der Waals surface area (Å²) in [7, 11) is 3.53. The molecule has 0 atom stereocenters. The van der Waals surface area contributed by atoms with Crippen LogP contribution in [-0.4, -0.2) is 37.1 Å². The minimum absolute atomic E-state index is 0.152. The van der Waals surface area contributed by atoms with Gasteiger partial charge in [0.15, 0.2) is 0 Å². The van der Waals surface area contributed by atoms with Gasteiger partial charge in [0, 0.05) is 33.3 Å². The van der Waals surface area contributed by atoms with E-state index in [0.29, 0.717) is 26.1 Å². The van der Waals surface area contributed by atoms with Gasteiger partial charge >= 0.3 is 0 Å². The number of rotatable bonds is 7. The van der Waals surface area contributed by atoms with Crippen molar-refractivity contribution in [3.05, 3.63) is 22.6 Å². The van der Waals surface area contributed by atoms with E-state index in [9.17, 15) is 4.79 Å². The second kappa shape index (κ2) is 7.06. The first-order chi connectivity index (χ1) is 9.39. The Kier molecular flexibility index (Phi) is 5.71. The van der Waals surface area contributed by atoms with E-state index in [2.05, 4.69) is 11.2 Å². The van der Waals surface area contributed by atoms with Crippen LogP contribution in [0.4, 0.5) is 5.69 Å². The highest BCUT2D eigenvalue weighted by atomic mass is 16.5. The molecule has 0 radical (unpaired) electrons. The normalized spacial score (nSPS) is 11.2. The molecule has 0 aliphatic carbocycles. The van der Waals surface area contributed by atoms with E-state index in [4.69, 9.17) is 10.00 Å². The van der Waals surface area contributed by atoms with Crippen LogP contribution in [0.5, 0.6) is 0 Å². The van der Waals surface area contributed by atoms with Gasteiger partial charge in [0.25, 0.3) is 5.56 Å². The predicted molar refractivity (Wildman–Crippen MR) is 77.7 cm³/mol. The molecular weight excluding hydrogens is 256 g/mol. The summed E-state index contributed by atoms with van der Waals surface area (Å²) in [6, 6.07) is 3.78. The van der Waals surface area contributed by atoms with Crippen LogP contribution in [0.3, 0.4) is 0 Å². The van der Waals surface area contributed by atoms with Gasteiger partial charge < -0.3 is 9.64 Å². The molecule has 1 heterocycles. The van der Waals surface area contributed by atoms with Crippen LogP contribution in [0.1, 0.15) is 20.3 Å². The minimum atomic E-state index is -0.449. The van der Waals surface area contributed by atoms with Crippen molar-refractivity contribution in [1.29, 1.82) is 5.26 Å². The van der Waals surface area contributed by atoms with Crippen molar-refractivity contribution in [2.45, 2.75) is 26.8 Å². The Morgan fingerprint density at radius 2 is 2.25 bits per heavy atom. The van der Waals surface area contributed by atoms with Gasteiger partial charge in [0.1, 0.15) is 0 Å². The SMILES string of the molecule is COCCN(C)c1cnn(CCC(C)(C)C#N)c(=O)c1. The number of hydrogen-bond acceptors (Lipinski definition) is 5. The molecule has 0 amide bonds. The lowest BCUT2D eigenvalue weighted by Gasteiger charge is -2.19. The molecule has 1 rings (SSSR count). The smallest absolute Gasteiger partial charge is 0.268 e. The molecule has 0 unspecified atom stereocenters. The van der Waals surface area contributed by atoms with Gasteiger partial charge in [0.2, 0.25) is 0 Å². The van der Waals surface area contributed by atoms with Crippen LogP contribution in [0.25, 0.3) is 0 Å². The summed E-state index contributed by atoms with van der Waals surface area (Å²) in [5, 5.41) is 13.1. The number of aryl methyl sites for hydroxylation is 1. The Morgan fingerprint density at radius 3 is 2.80 bits per heavy atom. The summed E-state index contributed by atoms with van der Waals surface area (Å²) in [4.78, 5) is 13.9. The monoisotopic (exact) mass is 278 g/mol. The second-order valence-corrected chi connectivity index (χ2v) is 5.44. The highest BCUT2D eigenvalue weighted by Crippen LogP contribution is 2.18. The summed E-state index contributed by atoms with van der Waals surface area (Å²) >= 11 is 0. The van der Waals surface area contributed by atoms with E-state index in [-0.39, 0.29) is 5.56 Å². The molecule has 0 N–H and O–H groups in total. The van der Waals surface area contributed by atoms with Crippen molar-refractivity contribution in [3.63, 3.8) is 0 Å². The number of likely N-dealkylation sites (N-methyl/N-ethyl adjacent to an activating group) is 1. The van der Waals surface area contributed by atoms with Crippen molar-refractivity contribution >= 4 is 5.69 Å². The van der Waals surface area contributed by atoms with Gasteiger partial charge in [0.05, 0.1) is 30.0 Å². The number of methoxy groups -OCH3 is 1. The predicted octanol–water partition coefficient (Wildman–Crippen LogP) is 1.27. The Hall–Kier alpha value is -1.87. The zero-order valence-corrected chi connectivity index (χ0v) is 12.6. The largest absolute Gasteiger partial charge is 0.383 e. The van der Waals surface area contributed by atoms with Crippen molar-refractivity contribution in [3.8, 4) is 6.07 Å². The molecule has 110 valence electrons. The Balaban J connectivity index is 2.74. The second-order valence-electron chi connectivity index (χ2n) is 5.44. The minimum Gasteiger partial charge on any atom is -0.383 e. The highest BCUT2D eigenvalue weighted by Gasteiger charge is 2.17. The third kappa shape index (κ3) is 4.67. The lowest BCUT2D eigenvalue weighted by atomic mass is 9.92. The molecule has 20 heavy (non-hydrogen) atoms. The molecule has 0 aliphatic rings. The summed E-state index contributed by atoms with van der Waals surface area (Å²) in [5.41, 5.74) is 0.165. The molecule has 0 saturated heterocycles. The van der Waals surface area contributed by atoms with E-state index in [1.54, 1.807) is 19.4 Å². The van der Waals surface area contributed by atoms with Crippen LogP contribution in [0.2, 0.25) is 0 Å². The molecule has 1 aromatic rings. The molecule has 0 aliphatic heterocycles. The average Bonchev–Trinajstić information content (AvgIpc) is 2.43. The lowest BCUT2D eigenvalue weighted by molar-refractivity contribution is 0.206. The quantitative estimate of drug-likeness (QED) is 0.751. The van der Waals surface area contributed by atoms with Gasteiger partial charge in [-0.3, -0.25) is 4.79 Å². The van der Waals surface area contributed by atoms with Gasteiger partial charge in [-0.25, -0.2) is 4.68 Å². The van der Waals surface area contributed by atoms with E-state index < -0.39 is 5.41 Å². The van der Waals surface area contributed by atoms with E-state index in [0.717, 1.165) is 5.69 Å². The maximum absolute atomic E-state index is 12.0. The third-order valence-electron chi connectivity index (χ3n) is 3.18. The molecule has 0 saturated carbocycles. The summed E-state index contributed by atoms with van der Waals surface area (Å²) in [6.07, 6.45) is 2.26. The van der Waals surface area contributed by atoms with Crippen LogP contribution in [0.15, 0.2) is 17.1 Å². The lowest BCUT2D eigenvalue weighted by Crippen LogP contribution is -2.28. The van der Waals surface area contributed by atoms with Crippen LogP contribution in [0, 0.1) is 16.7 Å². The maximum Gasteiger partial charge on any atom is 0.268 e. The summed E-state index contributed by atoms with van der Waals surface area (Å²) in [5.74, 6) is 0. The number of hydrogen-bond donors (Lipinski definition) is 0. The number of aromatic nitrogens is 2. The molecule has 6 heteroatoms.